The molecule has 0 saturated heterocycles. The summed E-state index contributed by atoms with van der Waals surface area (Å²) in [6.07, 6.45) is 3.10. The normalized spacial score (nSPS) is 22.1. The molecule has 2 atom stereocenters. The minimum Gasteiger partial charge on any atom is -0.330 e. The number of nitrogens with zero attached hydrogens (tertiary/aromatic N) is 1. The number of carbonyl (C=O) groups excluding carboxylic acids is 1. The zero-order valence-electron chi connectivity index (χ0n) is 11.0. The van der Waals surface area contributed by atoms with Crippen LogP contribution in [0.4, 0.5) is 5.13 Å². The Morgan fingerprint density at radius 1 is 1.45 bits per heavy atom. The van der Waals surface area contributed by atoms with Crippen molar-refractivity contribution < 1.29 is 4.79 Å². The quantitative estimate of drug-likeness (QED) is 0.911. The minimum absolute atomic E-state index is 0.0501. The molecule has 0 unspecified atom stereocenters. The zero-order valence-corrected chi connectivity index (χ0v) is 12.7. The number of nitrogens with one attached hydrogen (secondary N) is 1. The summed E-state index contributed by atoms with van der Waals surface area (Å²) >= 11 is 3.13. The van der Waals surface area contributed by atoms with Crippen LogP contribution >= 0.6 is 22.7 Å². The van der Waals surface area contributed by atoms with Crippen LogP contribution in [0.25, 0.3) is 10.6 Å². The minimum atomic E-state index is 0.0501. The topological polar surface area (TPSA) is 68.0 Å². The third kappa shape index (κ3) is 2.77. The summed E-state index contributed by atoms with van der Waals surface area (Å²) in [5.41, 5.74) is 6.66. The van der Waals surface area contributed by atoms with Gasteiger partial charge >= 0.3 is 0 Å². The Kier molecular flexibility index (Phi) is 4.14. The fourth-order valence-corrected chi connectivity index (χ4v) is 4.21. The van der Waals surface area contributed by atoms with Gasteiger partial charge < -0.3 is 11.1 Å². The highest BCUT2D eigenvalue weighted by Gasteiger charge is 2.32. The van der Waals surface area contributed by atoms with Crippen LogP contribution in [-0.4, -0.2) is 17.4 Å². The van der Waals surface area contributed by atoms with Crippen LogP contribution in [0, 0.1) is 11.8 Å². The van der Waals surface area contributed by atoms with Crippen LogP contribution in [-0.2, 0) is 4.79 Å². The Balaban J connectivity index is 1.67. The molecule has 0 radical (unpaired) electrons. The first-order valence-electron chi connectivity index (χ1n) is 6.78. The maximum atomic E-state index is 12.3. The molecule has 0 aromatic carbocycles. The van der Waals surface area contributed by atoms with Crippen LogP contribution in [0.2, 0.25) is 0 Å². The predicted molar refractivity (Wildman–Crippen MR) is 83.9 cm³/mol. The average molecular weight is 307 g/mol. The Bertz CT molecular complexity index is 579. The van der Waals surface area contributed by atoms with Crippen molar-refractivity contribution in [2.45, 2.75) is 19.3 Å². The van der Waals surface area contributed by atoms with Gasteiger partial charge in [-0.1, -0.05) is 12.5 Å². The fourth-order valence-electron chi connectivity index (χ4n) is 2.73. The number of nitrogens with two attached hydrogens (primary N) is 1. The maximum absolute atomic E-state index is 12.3. The lowest BCUT2D eigenvalue weighted by Gasteiger charge is -2.16. The van der Waals surface area contributed by atoms with Crippen molar-refractivity contribution in [3.05, 3.63) is 22.9 Å². The van der Waals surface area contributed by atoms with Gasteiger partial charge in [0.2, 0.25) is 5.91 Å². The highest BCUT2D eigenvalue weighted by molar-refractivity contribution is 7.16. The van der Waals surface area contributed by atoms with E-state index in [9.17, 15) is 4.79 Å². The van der Waals surface area contributed by atoms with Gasteiger partial charge in [0.15, 0.2) is 5.13 Å². The lowest BCUT2D eigenvalue weighted by Crippen LogP contribution is -2.29. The van der Waals surface area contributed by atoms with E-state index in [4.69, 9.17) is 5.73 Å². The van der Waals surface area contributed by atoms with Crippen molar-refractivity contribution in [2.24, 2.45) is 17.6 Å². The molecule has 20 heavy (non-hydrogen) atoms. The molecule has 3 N–H and O–H groups in total. The van der Waals surface area contributed by atoms with Crippen molar-refractivity contribution in [3.63, 3.8) is 0 Å². The molecule has 1 saturated carbocycles. The number of hydrogen-bond acceptors (Lipinski definition) is 5. The summed E-state index contributed by atoms with van der Waals surface area (Å²) in [6, 6.07) is 4.04. The van der Waals surface area contributed by atoms with Crippen LogP contribution in [0.3, 0.4) is 0 Å². The Labute approximate surface area is 126 Å². The molecule has 0 aliphatic heterocycles. The molecule has 0 spiro atoms. The van der Waals surface area contributed by atoms with E-state index < -0.39 is 0 Å². The molecule has 2 aromatic heterocycles. The van der Waals surface area contributed by atoms with Crippen molar-refractivity contribution in [3.8, 4) is 10.6 Å². The fraction of sp³-hybridized carbons (Fsp3) is 0.429. The molecule has 1 aliphatic rings. The maximum Gasteiger partial charge on any atom is 0.229 e. The number of anilines is 1. The van der Waals surface area contributed by atoms with Crippen LogP contribution < -0.4 is 11.1 Å². The van der Waals surface area contributed by atoms with Crippen LogP contribution in [0.15, 0.2) is 22.9 Å². The molecule has 1 aliphatic carbocycles. The lowest BCUT2D eigenvalue weighted by atomic mass is 9.95. The van der Waals surface area contributed by atoms with E-state index in [2.05, 4.69) is 10.3 Å². The van der Waals surface area contributed by atoms with E-state index >= 15 is 0 Å². The molecule has 106 valence electrons. The molecule has 2 heterocycles. The molecule has 0 bridgehead atoms. The molecule has 1 amide bonds. The largest absolute Gasteiger partial charge is 0.330 e. The van der Waals surface area contributed by atoms with E-state index in [1.165, 1.54) is 11.3 Å². The number of carbonyl (C=O) groups is 1. The van der Waals surface area contributed by atoms with E-state index in [1.807, 2.05) is 22.9 Å². The molecule has 4 nitrogen and oxygen atoms in total. The molecule has 1 fully saturated rings. The standard InChI is InChI=1S/C14H17N3OS2/c15-7-9-3-1-4-10(9)13(18)17-14-16-11(8-20-14)12-5-2-6-19-12/h2,5-6,8-10H,1,3-4,7,15H2,(H,16,17,18)/t9-,10-/m1/s1. The number of hydrogen-bond donors (Lipinski definition) is 2. The first-order valence-corrected chi connectivity index (χ1v) is 8.54. The molecular weight excluding hydrogens is 290 g/mol. The van der Waals surface area contributed by atoms with Crippen LogP contribution in [0.5, 0.6) is 0 Å². The predicted octanol–water partition coefficient (Wildman–Crippen LogP) is 3.19. The van der Waals surface area contributed by atoms with Gasteiger partial charge in [0.25, 0.3) is 0 Å². The van der Waals surface area contributed by atoms with Gasteiger partial charge in [0, 0.05) is 11.3 Å². The lowest BCUT2D eigenvalue weighted by molar-refractivity contribution is -0.120. The smallest absolute Gasteiger partial charge is 0.229 e. The number of amides is 1. The molecule has 6 heteroatoms. The highest BCUT2D eigenvalue weighted by Crippen LogP contribution is 2.33. The van der Waals surface area contributed by atoms with Gasteiger partial charge in [-0.3, -0.25) is 4.79 Å². The molecular formula is C14H17N3OS2. The Morgan fingerprint density at radius 3 is 3.10 bits per heavy atom. The highest BCUT2D eigenvalue weighted by atomic mass is 32.1. The number of rotatable bonds is 4. The first kappa shape index (κ1) is 13.7. The average Bonchev–Trinajstić information content (AvgIpc) is 3.19. The molecule has 3 rings (SSSR count). The van der Waals surface area contributed by atoms with E-state index in [0.717, 1.165) is 29.8 Å². The van der Waals surface area contributed by atoms with Gasteiger partial charge in [-0.25, -0.2) is 4.98 Å². The third-order valence-electron chi connectivity index (χ3n) is 3.81. The summed E-state index contributed by atoms with van der Waals surface area (Å²) in [4.78, 5) is 17.9. The Morgan fingerprint density at radius 2 is 2.35 bits per heavy atom. The van der Waals surface area contributed by atoms with Gasteiger partial charge in [0.05, 0.1) is 10.6 Å². The summed E-state index contributed by atoms with van der Waals surface area (Å²) < 4.78 is 0. The van der Waals surface area contributed by atoms with Crippen LogP contribution in [0.1, 0.15) is 19.3 Å². The summed E-state index contributed by atoms with van der Waals surface area (Å²) in [5, 5.41) is 7.64. The van der Waals surface area contributed by atoms with Crippen molar-refractivity contribution >= 4 is 33.7 Å². The number of thiazole rings is 1. The summed E-state index contributed by atoms with van der Waals surface area (Å²) in [7, 11) is 0. The van der Waals surface area contributed by atoms with Crippen molar-refractivity contribution in [1.29, 1.82) is 0 Å². The van der Waals surface area contributed by atoms with Gasteiger partial charge in [-0.05, 0) is 36.8 Å². The Hall–Kier alpha value is -1.24. The second kappa shape index (κ2) is 6.03. The van der Waals surface area contributed by atoms with E-state index in [0.29, 0.717) is 17.6 Å². The van der Waals surface area contributed by atoms with Crippen molar-refractivity contribution in [1.82, 2.24) is 4.98 Å². The van der Waals surface area contributed by atoms with E-state index in [-0.39, 0.29) is 11.8 Å². The number of thiophene rings is 1. The molecule has 2 aromatic rings. The number of aromatic nitrogens is 1. The second-order valence-electron chi connectivity index (χ2n) is 5.04. The van der Waals surface area contributed by atoms with Crippen molar-refractivity contribution in [2.75, 3.05) is 11.9 Å². The van der Waals surface area contributed by atoms with Gasteiger partial charge in [-0.2, -0.15) is 0 Å². The van der Waals surface area contributed by atoms with Gasteiger partial charge in [-0.15, -0.1) is 22.7 Å². The zero-order chi connectivity index (χ0) is 13.9. The van der Waals surface area contributed by atoms with E-state index in [1.54, 1.807) is 11.3 Å². The SMILES string of the molecule is NC[C@H]1CCC[C@H]1C(=O)Nc1nc(-c2cccs2)cs1. The summed E-state index contributed by atoms with van der Waals surface area (Å²) in [5.74, 6) is 0.450. The first-order chi connectivity index (χ1) is 9.78. The third-order valence-corrected chi connectivity index (χ3v) is 5.46. The summed E-state index contributed by atoms with van der Waals surface area (Å²) in [6.45, 7) is 0.594. The van der Waals surface area contributed by atoms with Gasteiger partial charge in [0.1, 0.15) is 0 Å². The monoisotopic (exact) mass is 307 g/mol. The second-order valence-corrected chi connectivity index (χ2v) is 6.84.